The Kier molecular flexibility index (Phi) is 5.60. The first kappa shape index (κ1) is 20.9. The van der Waals surface area contributed by atoms with Gasteiger partial charge < -0.3 is 10.0 Å². The molecule has 0 aromatic heterocycles. The first-order valence-electron chi connectivity index (χ1n) is 10.4. The lowest BCUT2D eigenvalue weighted by Crippen LogP contribution is -2.56. The van der Waals surface area contributed by atoms with Gasteiger partial charge in [-0.25, -0.2) is 0 Å². The molecule has 1 amide bonds. The van der Waals surface area contributed by atoms with Gasteiger partial charge in [-0.05, 0) is 43.2 Å². The Morgan fingerprint density at radius 2 is 1.93 bits per heavy atom. The molecule has 4 rings (SSSR count). The van der Waals surface area contributed by atoms with Crippen LogP contribution in [0.15, 0.2) is 41.4 Å². The second-order valence-electron chi connectivity index (χ2n) is 8.52. The minimum atomic E-state index is -0.462. The topological polar surface area (TPSA) is 64.9 Å². The van der Waals surface area contributed by atoms with Crippen molar-refractivity contribution in [2.45, 2.75) is 51.7 Å². The summed E-state index contributed by atoms with van der Waals surface area (Å²) in [7, 11) is 0. The number of likely N-dealkylation sites (tertiary alicyclic amines) is 1. The number of rotatable bonds is 2. The average Bonchev–Trinajstić information content (AvgIpc) is 2.69. The molecule has 1 saturated heterocycles. The lowest BCUT2D eigenvalue weighted by Gasteiger charge is -2.45. The fourth-order valence-corrected chi connectivity index (χ4v) is 4.83. The minimum Gasteiger partial charge on any atom is -0.508 e. The number of aryl methyl sites for hydroxylation is 2. The number of nitrogens with one attached hydrogen (secondary N) is 1. The van der Waals surface area contributed by atoms with Gasteiger partial charge in [0.15, 0.2) is 0 Å². The molecule has 1 spiro atoms. The highest BCUT2D eigenvalue weighted by Gasteiger charge is 2.41. The predicted octanol–water partition coefficient (Wildman–Crippen LogP) is 4.52. The number of halogens is 1. The highest BCUT2D eigenvalue weighted by Crippen LogP contribution is 2.38. The van der Waals surface area contributed by atoms with Crippen molar-refractivity contribution < 1.29 is 9.90 Å². The molecule has 2 aliphatic rings. The number of piperidine rings is 1. The van der Waals surface area contributed by atoms with Crippen molar-refractivity contribution in [1.82, 2.24) is 10.2 Å². The van der Waals surface area contributed by atoms with Crippen LogP contribution in [0.4, 0.5) is 0 Å². The maximum Gasteiger partial charge on any atom is 0.219 e. The second kappa shape index (κ2) is 8.05. The Morgan fingerprint density at radius 1 is 1.20 bits per heavy atom. The lowest BCUT2D eigenvalue weighted by atomic mass is 9.86. The Labute approximate surface area is 182 Å². The smallest absolute Gasteiger partial charge is 0.219 e. The summed E-state index contributed by atoms with van der Waals surface area (Å²) in [5, 5.41) is 14.8. The van der Waals surface area contributed by atoms with Crippen LogP contribution in [0.3, 0.4) is 0 Å². The van der Waals surface area contributed by atoms with E-state index in [1.807, 2.05) is 11.0 Å². The van der Waals surface area contributed by atoms with Crippen LogP contribution < -0.4 is 5.32 Å². The Balaban J connectivity index is 1.75. The normalized spacial score (nSPS) is 20.9. The van der Waals surface area contributed by atoms with Crippen LogP contribution >= 0.6 is 11.6 Å². The number of carbonyl (C=O) groups is 1. The fourth-order valence-electron chi connectivity index (χ4n) is 4.65. The fraction of sp³-hybridized carbons (Fsp3) is 0.417. The number of hydrogen-bond donors (Lipinski definition) is 2. The van der Waals surface area contributed by atoms with E-state index in [9.17, 15) is 9.90 Å². The first-order chi connectivity index (χ1) is 14.3. The quantitative estimate of drug-likeness (QED) is 0.743. The van der Waals surface area contributed by atoms with E-state index in [-0.39, 0.29) is 17.7 Å². The highest BCUT2D eigenvalue weighted by atomic mass is 35.5. The minimum absolute atomic E-state index is 0.100. The molecule has 2 aliphatic heterocycles. The van der Waals surface area contributed by atoms with Gasteiger partial charge in [-0.15, -0.1) is 0 Å². The molecular weight excluding hydrogens is 398 g/mol. The average molecular weight is 426 g/mol. The molecule has 30 heavy (non-hydrogen) atoms. The van der Waals surface area contributed by atoms with Gasteiger partial charge in [0.25, 0.3) is 0 Å². The zero-order chi connectivity index (χ0) is 21.5. The predicted molar refractivity (Wildman–Crippen MR) is 120 cm³/mol. The van der Waals surface area contributed by atoms with Crippen LogP contribution in [0.2, 0.25) is 5.02 Å². The van der Waals surface area contributed by atoms with E-state index in [0.717, 1.165) is 29.7 Å². The molecule has 5 nitrogen and oxygen atoms in total. The molecule has 1 unspecified atom stereocenters. The maximum atomic E-state index is 11.8. The highest BCUT2D eigenvalue weighted by molar-refractivity contribution is 6.30. The standard InChI is InChI=1S/C24H28ClN3O2/c1-15-4-6-19(16(2)12-15)21-14-22(20-13-18(25)5-7-23(20)30)27-24(26-21)8-10-28(11-9-24)17(3)29/h4-7,12-13,22,27,30H,8-11,14H2,1-3H3. The Hall–Kier alpha value is -2.37. The van der Waals surface area contributed by atoms with E-state index in [2.05, 4.69) is 37.4 Å². The summed E-state index contributed by atoms with van der Waals surface area (Å²) in [6.45, 7) is 7.15. The summed E-state index contributed by atoms with van der Waals surface area (Å²) in [6, 6.07) is 11.5. The number of amides is 1. The third-order valence-corrected chi connectivity index (χ3v) is 6.52. The number of hydrogen-bond acceptors (Lipinski definition) is 4. The van der Waals surface area contributed by atoms with Crippen LogP contribution in [0.25, 0.3) is 0 Å². The molecule has 2 N–H and O–H groups in total. The molecule has 0 saturated carbocycles. The lowest BCUT2D eigenvalue weighted by molar-refractivity contribution is -0.130. The van der Waals surface area contributed by atoms with E-state index < -0.39 is 5.66 Å². The van der Waals surface area contributed by atoms with Crippen molar-refractivity contribution in [1.29, 1.82) is 0 Å². The Bertz CT molecular complexity index is 1010. The Morgan fingerprint density at radius 3 is 2.60 bits per heavy atom. The summed E-state index contributed by atoms with van der Waals surface area (Å²) < 4.78 is 0. The van der Waals surface area contributed by atoms with E-state index in [1.54, 1.807) is 19.1 Å². The number of carbonyl (C=O) groups excluding carboxylic acids is 1. The largest absolute Gasteiger partial charge is 0.508 e. The third kappa shape index (κ3) is 4.09. The van der Waals surface area contributed by atoms with Gasteiger partial charge in [0.05, 0.1) is 0 Å². The number of phenolic OH excluding ortho intramolecular Hbond substituents is 1. The van der Waals surface area contributed by atoms with E-state index in [4.69, 9.17) is 16.6 Å². The molecule has 1 atom stereocenters. The van der Waals surface area contributed by atoms with Crippen LogP contribution in [0.5, 0.6) is 5.75 Å². The van der Waals surface area contributed by atoms with Crippen molar-refractivity contribution in [3.8, 4) is 5.75 Å². The van der Waals surface area contributed by atoms with Gasteiger partial charge in [-0.1, -0.05) is 35.4 Å². The number of aromatic hydroxyl groups is 1. The van der Waals surface area contributed by atoms with Crippen molar-refractivity contribution in [2.24, 2.45) is 4.99 Å². The number of nitrogens with zero attached hydrogens (tertiary/aromatic N) is 2. The first-order valence-corrected chi connectivity index (χ1v) is 10.8. The van der Waals surface area contributed by atoms with Crippen LogP contribution in [-0.4, -0.2) is 40.4 Å². The molecule has 1 fully saturated rings. The zero-order valence-electron chi connectivity index (χ0n) is 17.7. The molecule has 2 heterocycles. The summed E-state index contributed by atoms with van der Waals surface area (Å²) in [6.07, 6.45) is 2.13. The maximum absolute atomic E-state index is 11.8. The molecule has 2 aromatic carbocycles. The number of benzene rings is 2. The van der Waals surface area contributed by atoms with Crippen LogP contribution in [0.1, 0.15) is 54.5 Å². The van der Waals surface area contributed by atoms with Crippen LogP contribution in [0, 0.1) is 13.8 Å². The molecule has 0 radical (unpaired) electrons. The number of aliphatic imine (C=N–C) groups is 1. The van der Waals surface area contributed by atoms with Crippen molar-refractivity contribution in [3.05, 3.63) is 63.7 Å². The zero-order valence-corrected chi connectivity index (χ0v) is 18.5. The summed E-state index contributed by atoms with van der Waals surface area (Å²) >= 11 is 6.25. The molecule has 0 bridgehead atoms. The molecular formula is C24H28ClN3O2. The van der Waals surface area contributed by atoms with Gasteiger partial charge >= 0.3 is 0 Å². The van der Waals surface area contributed by atoms with Crippen molar-refractivity contribution in [3.63, 3.8) is 0 Å². The van der Waals surface area contributed by atoms with Gasteiger partial charge in [-0.3, -0.25) is 15.1 Å². The second-order valence-corrected chi connectivity index (χ2v) is 8.96. The van der Waals surface area contributed by atoms with E-state index in [0.29, 0.717) is 24.5 Å². The molecule has 6 heteroatoms. The summed E-state index contributed by atoms with van der Waals surface area (Å²) in [4.78, 5) is 18.9. The molecule has 2 aromatic rings. The van der Waals surface area contributed by atoms with Gasteiger partial charge in [-0.2, -0.15) is 0 Å². The van der Waals surface area contributed by atoms with Crippen molar-refractivity contribution in [2.75, 3.05) is 13.1 Å². The SMILES string of the molecule is CC(=O)N1CCC2(CC1)N=C(c1ccc(C)cc1C)CC(c1cc(Cl)ccc1O)N2. The van der Waals surface area contributed by atoms with Gasteiger partial charge in [0, 0.05) is 61.6 Å². The summed E-state index contributed by atoms with van der Waals surface area (Å²) in [5.41, 5.74) is 4.92. The van der Waals surface area contributed by atoms with Crippen molar-refractivity contribution >= 4 is 23.2 Å². The number of phenols is 1. The van der Waals surface area contributed by atoms with Gasteiger partial charge in [0.2, 0.25) is 5.91 Å². The monoisotopic (exact) mass is 425 g/mol. The third-order valence-electron chi connectivity index (χ3n) is 6.28. The summed E-state index contributed by atoms with van der Waals surface area (Å²) in [5.74, 6) is 0.332. The van der Waals surface area contributed by atoms with Crippen LogP contribution in [-0.2, 0) is 4.79 Å². The molecule has 0 aliphatic carbocycles. The van der Waals surface area contributed by atoms with E-state index in [1.165, 1.54) is 11.1 Å². The molecule has 158 valence electrons. The van der Waals surface area contributed by atoms with Gasteiger partial charge in [0.1, 0.15) is 11.4 Å². The van der Waals surface area contributed by atoms with E-state index >= 15 is 0 Å².